The van der Waals surface area contributed by atoms with Gasteiger partial charge in [0.25, 0.3) is 0 Å². The van der Waals surface area contributed by atoms with E-state index in [2.05, 4.69) is 4.98 Å². The van der Waals surface area contributed by atoms with E-state index < -0.39 is 0 Å². The quantitative estimate of drug-likeness (QED) is 0.902. The molecule has 2 rings (SSSR count). The van der Waals surface area contributed by atoms with Gasteiger partial charge in [0.15, 0.2) is 0 Å². The number of para-hydroxylation sites is 1. The summed E-state index contributed by atoms with van der Waals surface area (Å²) in [6.45, 7) is 0.500. The SMILES string of the molecule is OCCc1ccccc1OCc1ccncc1Cl. The van der Waals surface area contributed by atoms with E-state index >= 15 is 0 Å². The number of rotatable bonds is 5. The largest absolute Gasteiger partial charge is 0.489 e. The van der Waals surface area contributed by atoms with Crippen LogP contribution in [0.25, 0.3) is 0 Å². The summed E-state index contributed by atoms with van der Waals surface area (Å²) in [4.78, 5) is 3.93. The maximum Gasteiger partial charge on any atom is 0.123 e. The summed E-state index contributed by atoms with van der Waals surface area (Å²) in [6.07, 6.45) is 3.87. The van der Waals surface area contributed by atoms with Crippen LogP contribution in [-0.4, -0.2) is 16.7 Å². The van der Waals surface area contributed by atoms with E-state index in [-0.39, 0.29) is 6.61 Å². The Morgan fingerprint density at radius 1 is 1.17 bits per heavy atom. The van der Waals surface area contributed by atoms with Crippen LogP contribution in [0, 0.1) is 0 Å². The molecule has 0 unspecified atom stereocenters. The molecule has 0 saturated carbocycles. The Morgan fingerprint density at radius 2 is 2.00 bits per heavy atom. The highest BCUT2D eigenvalue weighted by Gasteiger charge is 2.04. The fraction of sp³-hybridized carbons (Fsp3) is 0.214. The first-order valence-corrected chi connectivity index (χ1v) is 6.09. The minimum Gasteiger partial charge on any atom is -0.489 e. The van der Waals surface area contributed by atoms with E-state index in [1.807, 2.05) is 30.3 Å². The standard InChI is InChI=1S/C14H14ClNO2/c15-13-9-16-7-5-12(13)10-18-14-4-2-1-3-11(14)6-8-17/h1-5,7,9,17H,6,8,10H2. The van der Waals surface area contributed by atoms with Crippen LogP contribution in [0.5, 0.6) is 5.75 Å². The molecule has 1 aromatic carbocycles. The lowest BCUT2D eigenvalue weighted by Gasteiger charge is -2.11. The molecule has 0 aliphatic heterocycles. The molecule has 18 heavy (non-hydrogen) atoms. The van der Waals surface area contributed by atoms with Crippen LogP contribution in [0.2, 0.25) is 5.02 Å². The molecule has 0 saturated heterocycles. The third kappa shape index (κ3) is 3.22. The Bertz CT molecular complexity index is 517. The van der Waals surface area contributed by atoms with Gasteiger partial charge in [0.1, 0.15) is 12.4 Å². The summed E-state index contributed by atoms with van der Waals surface area (Å²) in [7, 11) is 0. The monoisotopic (exact) mass is 263 g/mol. The van der Waals surface area contributed by atoms with Crippen molar-refractivity contribution >= 4 is 11.6 Å². The summed E-state index contributed by atoms with van der Waals surface area (Å²) in [5.74, 6) is 0.777. The zero-order valence-electron chi connectivity index (χ0n) is 9.84. The number of hydrogen-bond donors (Lipinski definition) is 1. The Balaban J connectivity index is 2.08. The van der Waals surface area contributed by atoms with E-state index in [4.69, 9.17) is 21.4 Å². The molecule has 4 heteroatoms. The number of hydrogen-bond acceptors (Lipinski definition) is 3. The molecule has 94 valence electrons. The van der Waals surface area contributed by atoms with Crippen molar-refractivity contribution in [3.63, 3.8) is 0 Å². The van der Waals surface area contributed by atoms with Crippen LogP contribution < -0.4 is 4.74 Å². The van der Waals surface area contributed by atoms with Crippen molar-refractivity contribution in [2.45, 2.75) is 13.0 Å². The lowest BCUT2D eigenvalue weighted by molar-refractivity contribution is 0.284. The Hall–Kier alpha value is -1.58. The van der Waals surface area contributed by atoms with Crippen LogP contribution in [-0.2, 0) is 13.0 Å². The molecular weight excluding hydrogens is 250 g/mol. The van der Waals surface area contributed by atoms with Crippen LogP contribution in [0.4, 0.5) is 0 Å². The molecular formula is C14H14ClNO2. The van der Waals surface area contributed by atoms with Crippen molar-refractivity contribution in [3.05, 3.63) is 58.9 Å². The summed E-state index contributed by atoms with van der Waals surface area (Å²) in [6, 6.07) is 9.50. The first-order valence-electron chi connectivity index (χ1n) is 5.71. The van der Waals surface area contributed by atoms with Crippen molar-refractivity contribution in [3.8, 4) is 5.75 Å². The summed E-state index contributed by atoms with van der Waals surface area (Å²) in [5, 5.41) is 9.58. The van der Waals surface area contributed by atoms with Crippen molar-refractivity contribution in [1.82, 2.24) is 4.98 Å². The van der Waals surface area contributed by atoms with Gasteiger partial charge in [0.05, 0.1) is 5.02 Å². The predicted octanol–water partition coefficient (Wildman–Crippen LogP) is 2.85. The van der Waals surface area contributed by atoms with Gasteiger partial charge < -0.3 is 9.84 Å². The highest BCUT2D eigenvalue weighted by Crippen LogP contribution is 2.21. The molecule has 1 N–H and O–H groups in total. The third-order valence-corrected chi connectivity index (χ3v) is 2.93. The first-order chi connectivity index (χ1) is 8.81. The number of ether oxygens (including phenoxy) is 1. The van der Waals surface area contributed by atoms with Crippen molar-refractivity contribution in [1.29, 1.82) is 0 Å². The number of halogens is 1. The number of aliphatic hydroxyl groups excluding tert-OH is 1. The van der Waals surface area contributed by atoms with Crippen molar-refractivity contribution < 1.29 is 9.84 Å². The van der Waals surface area contributed by atoms with Crippen LogP contribution in [0.1, 0.15) is 11.1 Å². The molecule has 0 atom stereocenters. The maximum absolute atomic E-state index is 8.99. The zero-order chi connectivity index (χ0) is 12.8. The Kier molecular flexibility index (Phi) is 4.56. The smallest absolute Gasteiger partial charge is 0.123 e. The van der Waals surface area contributed by atoms with Crippen LogP contribution in [0.3, 0.4) is 0 Å². The third-order valence-electron chi connectivity index (χ3n) is 2.59. The van der Waals surface area contributed by atoms with Gasteiger partial charge in [-0.2, -0.15) is 0 Å². The van der Waals surface area contributed by atoms with Crippen molar-refractivity contribution in [2.24, 2.45) is 0 Å². The number of aromatic nitrogens is 1. The van der Waals surface area contributed by atoms with E-state index in [1.54, 1.807) is 12.4 Å². The number of aliphatic hydroxyl groups is 1. The number of nitrogens with zero attached hydrogens (tertiary/aromatic N) is 1. The summed E-state index contributed by atoms with van der Waals surface area (Å²) < 4.78 is 5.73. The van der Waals surface area contributed by atoms with Gasteiger partial charge in [-0.15, -0.1) is 0 Å². The second kappa shape index (κ2) is 6.38. The molecule has 0 spiro atoms. The lowest BCUT2D eigenvalue weighted by atomic mass is 10.1. The number of pyridine rings is 1. The van der Waals surface area contributed by atoms with Gasteiger partial charge in [-0.3, -0.25) is 4.98 Å². The number of benzene rings is 1. The average Bonchev–Trinajstić information content (AvgIpc) is 2.40. The van der Waals surface area contributed by atoms with Gasteiger partial charge in [-0.1, -0.05) is 29.8 Å². The molecule has 0 radical (unpaired) electrons. The van der Waals surface area contributed by atoms with Gasteiger partial charge in [-0.05, 0) is 24.1 Å². The highest BCUT2D eigenvalue weighted by atomic mass is 35.5. The second-order valence-corrected chi connectivity index (χ2v) is 4.24. The first kappa shape index (κ1) is 12.9. The Labute approximate surface area is 111 Å². The minimum absolute atomic E-state index is 0.108. The molecule has 0 aliphatic carbocycles. The van der Waals surface area contributed by atoms with Gasteiger partial charge >= 0.3 is 0 Å². The van der Waals surface area contributed by atoms with Crippen LogP contribution in [0.15, 0.2) is 42.7 Å². The predicted molar refractivity (Wildman–Crippen MR) is 70.8 cm³/mol. The molecule has 1 heterocycles. The van der Waals surface area contributed by atoms with E-state index in [1.165, 1.54) is 0 Å². The van der Waals surface area contributed by atoms with E-state index in [9.17, 15) is 0 Å². The molecule has 3 nitrogen and oxygen atoms in total. The second-order valence-electron chi connectivity index (χ2n) is 3.84. The minimum atomic E-state index is 0.108. The molecule has 2 aromatic rings. The highest BCUT2D eigenvalue weighted by molar-refractivity contribution is 6.31. The molecule has 1 aromatic heterocycles. The van der Waals surface area contributed by atoms with E-state index in [0.29, 0.717) is 18.1 Å². The van der Waals surface area contributed by atoms with Crippen molar-refractivity contribution in [2.75, 3.05) is 6.61 Å². The van der Waals surface area contributed by atoms with Gasteiger partial charge in [0, 0.05) is 24.6 Å². The summed E-state index contributed by atoms with van der Waals surface area (Å²) in [5.41, 5.74) is 1.88. The molecule has 0 aliphatic rings. The molecule has 0 bridgehead atoms. The molecule has 0 fully saturated rings. The lowest BCUT2D eigenvalue weighted by Crippen LogP contribution is -2.00. The van der Waals surface area contributed by atoms with Gasteiger partial charge in [0.2, 0.25) is 0 Å². The summed E-state index contributed by atoms with van der Waals surface area (Å²) >= 11 is 6.01. The Morgan fingerprint density at radius 3 is 2.78 bits per heavy atom. The fourth-order valence-electron chi connectivity index (χ4n) is 1.65. The fourth-order valence-corrected chi connectivity index (χ4v) is 1.82. The van der Waals surface area contributed by atoms with E-state index in [0.717, 1.165) is 16.9 Å². The van der Waals surface area contributed by atoms with Gasteiger partial charge in [-0.25, -0.2) is 0 Å². The average molecular weight is 264 g/mol. The topological polar surface area (TPSA) is 42.4 Å². The normalized spacial score (nSPS) is 10.3. The zero-order valence-corrected chi connectivity index (χ0v) is 10.6. The molecule has 0 amide bonds. The van der Waals surface area contributed by atoms with Crippen LogP contribution >= 0.6 is 11.6 Å². The maximum atomic E-state index is 8.99.